The largest absolute Gasteiger partial charge is 0.346 e. The van der Waals surface area contributed by atoms with Gasteiger partial charge in [-0.1, -0.05) is 50.3 Å². The van der Waals surface area contributed by atoms with E-state index < -0.39 is 0 Å². The van der Waals surface area contributed by atoms with Crippen molar-refractivity contribution in [2.45, 2.75) is 33.6 Å². The van der Waals surface area contributed by atoms with Gasteiger partial charge in [0.05, 0.1) is 4.47 Å². The van der Waals surface area contributed by atoms with E-state index in [-0.39, 0.29) is 0 Å². The second kappa shape index (κ2) is 6.64. The van der Waals surface area contributed by atoms with Crippen LogP contribution in [0.2, 0.25) is 0 Å². The third kappa shape index (κ3) is 3.76. The van der Waals surface area contributed by atoms with Crippen molar-refractivity contribution in [1.29, 1.82) is 0 Å². The molecule has 1 aromatic heterocycles. The van der Waals surface area contributed by atoms with Crippen molar-refractivity contribution in [3.8, 4) is 0 Å². The lowest BCUT2D eigenvalue weighted by atomic mass is 10.1. The van der Waals surface area contributed by atoms with E-state index in [1.165, 1.54) is 11.1 Å². The Balaban J connectivity index is 2.36. The predicted molar refractivity (Wildman–Crippen MR) is 89.6 cm³/mol. The zero-order valence-corrected chi connectivity index (χ0v) is 14.4. The first-order valence-electron chi connectivity index (χ1n) is 6.79. The first kappa shape index (κ1) is 15.4. The van der Waals surface area contributed by atoms with E-state index in [9.17, 15) is 0 Å². The van der Waals surface area contributed by atoms with Crippen molar-refractivity contribution >= 4 is 28.1 Å². The molecule has 20 heavy (non-hydrogen) atoms. The molecule has 0 amide bonds. The lowest BCUT2D eigenvalue weighted by molar-refractivity contribution is 0.628. The topological polar surface area (TPSA) is 28.7 Å². The fraction of sp³-hybridized carbons (Fsp3) is 0.375. The second-order valence-corrected chi connectivity index (χ2v) is 6.66. The standard InChI is InChI=1S/C16H19BrN2S/c1-10(2)8-13-15(17)16(20)19-14(18-13)9-12-7-5-4-6-11(12)3/h4-7,10H,8-9H2,1-3H3,(H,18,19,20). The number of nitrogens with zero attached hydrogens (tertiary/aromatic N) is 1. The molecule has 0 bridgehead atoms. The molecule has 0 fully saturated rings. The highest BCUT2D eigenvalue weighted by atomic mass is 79.9. The summed E-state index contributed by atoms with van der Waals surface area (Å²) in [6.07, 6.45) is 1.75. The molecule has 0 saturated carbocycles. The Bertz CT molecular complexity index is 662. The maximum atomic E-state index is 5.35. The Morgan fingerprint density at radius 1 is 1.30 bits per heavy atom. The van der Waals surface area contributed by atoms with Crippen LogP contribution in [0.4, 0.5) is 0 Å². The van der Waals surface area contributed by atoms with E-state index in [1.807, 2.05) is 0 Å². The van der Waals surface area contributed by atoms with Gasteiger partial charge < -0.3 is 4.98 Å². The molecule has 0 aliphatic heterocycles. The van der Waals surface area contributed by atoms with E-state index in [0.717, 1.165) is 28.8 Å². The minimum atomic E-state index is 0.575. The van der Waals surface area contributed by atoms with Crippen molar-refractivity contribution in [2.75, 3.05) is 0 Å². The number of benzene rings is 1. The molecule has 4 heteroatoms. The van der Waals surface area contributed by atoms with Gasteiger partial charge in [-0.15, -0.1) is 0 Å². The second-order valence-electron chi connectivity index (χ2n) is 5.48. The Morgan fingerprint density at radius 2 is 2.00 bits per heavy atom. The summed E-state index contributed by atoms with van der Waals surface area (Å²) in [4.78, 5) is 7.93. The Kier molecular flexibility index (Phi) is 5.11. The minimum Gasteiger partial charge on any atom is -0.346 e. The number of halogens is 1. The van der Waals surface area contributed by atoms with Crippen molar-refractivity contribution in [3.63, 3.8) is 0 Å². The van der Waals surface area contributed by atoms with Gasteiger partial charge in [-0.05, 0) is 46.3 Å². The maximum Gasteiger partial charge on any atom is 0.144 e. The third-order valence-corrected chi connectivity index (χ3v) is 4.63. The van der Waals surface area contributed by atoms with Crippen LogP contribution in [-0.2, 0) is 12.8 Å². The molecular formula is C16H19BrN2S. The fourth-order valence-corrected chi connectivity index (χ4v) is 2.76. The molecule has 1 aromatic carbocycles. The average molecular weight is 351 g/mol. The van der Waals surface area contributed by atoms with Crippen LogP contribution in [0.5, 0.6) is 0 Å². The number of H-pyrrole nitrogens is 1. The van der Waals surface area contributed by atoms with Crippen molar-refractivity contribution < 1.29 is 0 Å². The molecule has 0 aliphatic rings. The van der Waals surface area contributed by atoms with Gasteiger partial charge in [0.1, 0.15) is 10.5 Å². The van der Waals surface area contributed by atoms with E-state index in [2.05, 4.69) is 70.9 Å². The van der Waals surface area contributed by atoms with Crippen LogP contribution in [0.1, 0.15) is 36.5 Å². The maximum absolute atomic E-state index is 5.35. The highest BCUT2D eigenvalue weighted by Crippen LogP contribution is 2.20. The average Bonchev–Trinajstić information content (AvgIpc) is 2.37. The molecule has 0 saturated heterocycles. The predicted octanol–water partition coefficient (Wildman–Crippen LogP) is 5.00. The van der Waals surface area contributed by atoms with Crippen LogP contribution in [-0.4, -0.2) is 9.97 Å². The van der Waals surface area contributed by atoms with Gasteiger partial charge in [0.2, 0.25) is 0 Å². The summed E-state index contributed by atoms with van der Waals surface area (Å²) < 4.78 is 1.57. The number of hydrogen-bond donors (Lipinski definition) is 1. The van der Waals surface area contributed by atoms with Crippen LogP contribution < -0.4 is 0 Å². The molecule has 0 aliphatic carbocycles. The van der Waals surface area contributed by atoms with Gasteiger partial charge in [0.25, 0.3) is 0 Å². The highest BCUT2D eigenvalue weighted by Gasteiger charge is 2.09. The smallest absolute Gasteiger partial charge is 0.144 e. The molecule has 0 radical (unpaired) electrons. The van der Waals surface area contributed by atoms with E-state index >= 15 is 0 Å². The van der Waals surface area contributed by atoms with Crippen molar-refractivity contribution in [1.82, 2.24) is 9.97 Å². The van der Waals surface area contributed by atoms with Crippen LogP contribution in [0, 0.1) is 17.5 Å². The number of nitrogens with one attached hydrogen (secondary N) is 1. The first-order valence-corrected chi connectivity index (χ1v) is 7.99. The summed E-state index contributed by atoms with van der Waals surface area (Å²) in [6.45, 7) is 6.52. The van der Waals surface area contributed by atoms with Crippen molar-refractivity contribution in [2.24, 2.45) is 5.92 Å². The molecule has 1 heterocycles. The molecule has 0 spiro atoms. The Labute approximate surface area is 133 Å². The zero-order chi connectivity index (χ0) is 14.7. The molecule has 2 rings (SSSR count). The van der Waals surface area contributed by atoms with Crippen LogP contribution in [0.3, 0.4) is 0 Å². The van der Waals surface area contributed by atoms with Gasteiger partial charge >= 0.3 is 0 Å². The number of aromatic nitrogens is 2. The molecule has 2 aromatic rings. The minimum absolute atomic E-state index is 0.575. The van der Waals surface area contributed by atoms with Crippen LogP contribution >= 0.6 is 28.1 Å². The van der Waals surface area contributed by atoms with E-state index in [0.29, 0.717) is 10.6 Å². The fourth-order valence-electron chi connectivity index (χ4n) is 2.18. The van der Waals surface area contributed by atoms with Gasteiger partial charge in [-0.25, -0.2) is 4.98 Å². The summed E-state index contributed by atoms with van der Waals surface area (Å²) in [6, 6.07) is 8.38. The molecule has 0 unspecified atom stereocenters. The third-order valence-electron chi connectivity index (χ3n) is 3.22. The lowest BCUT2D eigenvalue weighted by Gasteiger charge is -2.11. The highest BCUT2D eigenvalue weighted by molar-refractivity contribution is 9.10. The monoisotopic (exact) mass is 350 g/mol. The molecular weight excluding hydrogens is 332 g/mol. The molecule has 2 nitrogen and oxygen atoms in total. The molecule has 1 N–H and O–H groups in total. The SMILES string of the molecule is Cc1ccccc1Cc1nc(=S)c(Br)c(CC(C)C)[nH]1. The summed E-state index contributed by atoms with van der Waals surface area (Å²) in [5, 5.41) is 0. The van der Waals surface area contributed by atoms with Crippen LogP contribution in [0.15, 0.2) is 28.7 Å². The van der Waals surface area contributed by atoms with E-state index in [4.69, 9.17) is 12.2 Å². The zero-order valence-electron chi connectivity index (χ0n) is 12.0. The Hall–Kier alpha value is -1.00. The number of aryl methyl sites for hydroxylation is 1. The van der Waals surface area contributed by atoms with Gasteiger partial charge in [0.15, 0.2) is 0 Å². The number of aromatic amines is 1. The van der Waals surface area contributed by atoms with E-state index in [1.54, 1.807) is 0 Å². The van der Waals surface area contributed by atoms with Crippen LogP contribution in [0.25, 0.3) is 0 Å². The number of rotatable bonds is 4. The summed E-state index contributed by atoms with van der Waals surface area (Å²) >= 11 is 8.90. The molecule has 0 atom stereocenters. The summed E-state index contributed by atoms with van der Waals surface area (Å²) in [7, 11) is 0. The van der Waals surface area contributed by atoms with Gasteiger partial charge in [-0.2, -0.15) is 0 Å². The first-order chi connectivity index (χ1) is 9.47. The summed E-state index contributed by atoms with van der Waals surface area (Å²) in [5.74, 6) is 1.51. The van der Waals surface area contributed by atoms with Crippen molar-refractivity contribution in [3.05, 3.63) is 56.0 Å². The quantitative estimate of drug-likeness (QED) is 0.786. The Morgan fingerprint density at radius 3 is 2.65 bits per heavy atom. The van der Waals surface area contributed by atoms with Gasteiger partial charge in [0, 0.05) is 12.1 Å². The molecule has 106 valence electrons. The number of hydrogen-bond acceptors (Lipinski definition) is 2. The normalized spacial score (nSPS) is 11.1. The van der Waals surface area contributed by atoms with Gasteiger partial charge in [-0.3, -0.25) is 0 Å². The lowest BCUT2D eigenvalue weighted by Crippen LogP contribution is -2.06. The summed E-state index contributed by atoms with van der Waals surface area (Å²) in [5.41, 5.74) is 3.70.